The Morgan fingerprint density at radius 3 is 2.74 bits per heavy atom. The number of carbonyl (C=O) groups excluding carboxylic acids is 1. The van der Waals surface area contributed by atoms with Crippen LogP contribution < -0.4 is 15.8 Å². The number of ether oxygens (including phenoxy) is 1. The maximum absolute atomic E-state index is 11.3. The molecule has 0 aliphatic heterocycles. The number of amides is 1. The number of rotatable bonds is 6. The first-order valence-electron chi connectivity index (χ1n) is 5.35. The minimum absolute atomic E-state index is 0.0796. The Kier molecular flexibility index (Phi) is 4.84. The summed E-state index contributed by atoms with van der Waals surface area (Å²) in [6.07, 6.45) is 0. The molecular formula is C11H14BrN3O4. The van der Waals surface area contributed by atoms with Gasteiger partial charge in [-0.15, -0.1) is 0 Å². The molecule has 1 amide bonds. The summed E-state index contributed by atoms with van der Waals surface area (Å²) in [7, 11) is 1.56. The highest BCUT2D eigenvalue weighted by Crippen LogP contribution is 2.30. The lowest BCUT2D eigenvalue weighted by Gasteiger charge is -2.25. The molecule has 104 valence electrons. The van der Waals surface area contributed by atoms with E-state index < -0.39 is 16.4 Å². The normalized spacial score (nSPS) is 13.6. The minimum atomic E-state index is -1.10. The molecule has 7 nitrogen and oxygen atoms in total. The van der Waals surface area contributed by atoms with Gasteiger partial charge in [-0.05, 0) is 26.1 Å². The third-order valence-corrected chi connectivity index (χ3v) is 3.22. The first-order valence-corrected chi connectivity index (χ1v) is 6.15. The van der Waals surface area contributed by atoms with Gasteiger partial charge in [-0.3, -0.25) is 14.9 Å². The topological polar surface area (TPSA) is 107 Å². The Bertz CT molecular complexity index is 509. The number of hydrogen-bond donors (Lipinski definition) is 2. The number of nitro groups is 1. The number of nitrogens with one attached hydrogen (secondary N) is 1. The van der Waals surface area contributed by atoms with Crippen LogP contribution in [-0.2, 0) is 4.79 Å². The van der Waals surface area contributed by atoms with Gasteiger partial charge in [0.15, 0.2) is 5.75 Å². The Labute approximate surface area is 118 Å². The van der Waals surface area contributed by atoms with Crippen molar-refractivity contribution in [1.82, 2.24) is 5.32 Å². The molecule has 1 atom stereocenters. The summed E-state index contributed by atoms with van der Waals surface area (Å²) < 4.78 is 5.91. The highest BCUT2D eigenvalue weighted by atomic mass is 79.9. The Morgan fingerprint density at radius 2 is 2.26 bits per heavy atom. The van der Waals surface area contributed by atoms with Crippen LogP contribution in [0.25, 0.3) is 0 Å². The van der Waals surface area contributed by atoms with Crippen LogP contribution in [0.2, 0.25) is 0 Å². The maximum Gasteiger partial charge on any atom is 0.312 e. The molecule has 1 aromatic carbocycles. The molecule has 0 aliphatic carbocycles. The van der Waals surface area contributed by atoms with Crippen LogP contribution in [-0.4, -0.2) is 30.0 Å². The van der Waals surface area contributed by atoms with E-state index in [1.807, 2.05) is 0 Å². The van der Waals surface area contributed by atoms with Crippen molar-refractivity contribution in [3.63, 3.8) is 0 Å². The molecule has 19 heavy (non-hydrogen) atoms. The van der Waals surface area contributed by atoms with Crippen LogP contribution in [0.3, 0.4) is 0 Å². The summed E-state index contributed by atoms with van der Waals surface area (Å²) in [5.41, 5.74) is 3.97. The van der Waals surface area contributed by atoms with Gasteiger partial charge in [-0.2, -0.15) is 0 Å². The van der Waals surface area contributed by atoms with Crippen LogP contribution in [0.15, 0.2) is 22.7 Å². The van der Waals surface area contributed by atoms with E-state index in [0.29, 0.717) is 4.47 Å². The van der Waals surface area contributed by atoms with E-state index in [2.05, 4.69) is 21.2 Å². The third kappa shape index (κ3) is 3.65. The number of benzene rings is 1. The van der Waals surface area contributed by atoms with E-state index in [-0.39, 0.29) is 18.0 Å². The highest BCUT2D eigenvalue weighted by Gasteiger charge is 2.31. The van der Waals surface area contributed by atoms with Crippen molar-refractivity contribution in [3.05, 3.63) is 32.8 Å². The summed E-state index contributed by atoms with van der Waals surface area (Å²) in [5.74, 6) is -0.523. The van der Waals surface area contributed by atoms with Crippen LogP contribution in [0, 0.1) is 10.1 Å². The number of nitro benzene ring substituents is 1. The smallest absolute Gasteiger partial charge is 0.312 e. The molecule has 0 heterocycles. The van der Waals surface area contributed by atoms with Crippen molar-refractivity contribution in [2.24, 2.45) is 5.73 Å². The molecule has 8 heteroatoms. The lowest BCUT2D eigenvalue weighted by molar-refractivity contribution is -0.386. The molecule has 0 radical (unpaired) electrons. The molecule has 0 fully saturated rings. The number of nitrogens with zero attached hydrogens (tertiary/aromatic N) is 1. The van der Waals surface area contributed by atoms with Gasteiger partial charge in [0.25, 0.3) is 0 Å². The monoisotopic (exact) mass is 331 g/mol. The summed E-state index contributed by atoms with van der Waals surface area (Å²) in [6, 6.07) is 4.40. The fraction of sp³-hybridized carbons (Fsp3) is 0.364. The van der Waals surface area contributed by atoms with E-state index in [9.17, 15) is 14.9 Å². The molecule has 3 N–H and O–H groups in total. The van der Waals surface area contributed by atoms with Crippen LogP contribution in [0.5, 0.6) is 5.75 Å². The Morgan fingerprint density at radius 1 is 1.63 bits per heavy atom. The van der Waals surface area contributed by atoms with Crippen molar-refractivity contribution in [2.75, 3.05) is 13.7 Å². The van der Waals surface area contributed by atoms with Crippen molar-refractivity contribution >= 4 is 27.5 Å². The second-order valence-corrected chi connectivity index (χ2v) is 5.02. The van der Waals surface area contributed by atoms with Crippen molar-refractivity contribution in [2.45, 2.75) is 12.5 Å². The maximum atomic E-state index is 11.3. The standard InChI is InChI=1S/C11H14BrN3O4/c1-11(14-2,10(13)16)6-19-9-4-3-7(12)5-8(9)15(17)18/h3-5,14H,6H2,1-2H3,(H2,13,16). The van der Waals surface area contributed by atoms with Gasteiger partial charge in [0.1, 0.15) is 12.1 Å². The van der Waals surface area contributed by atoms with Gasteiger partial charge in [0.2, 0.25) is 5.91 Å². The van der Waals surface area contributed by atoms with Crippen molar-refractivity contribution < 1.29 is 14.5 Å². The van der Waals surface area contributed by atoms with E-state index in [4.69, 9.17) is 10.5 Å². The zero-order chi connectivity index (χ0) is 14.6. The molecule has 0 saturated carbocycles. The molecule has 0 aliphatic rings. The zero-order valence-electron chi connectivity index (χ0n) is 10.5. The summed E-state index contributed by atoms with van der Waals surface area (Å²) in [5, 5.41) is 13.6. The summed E-state index contributed by atoms with van der Waals surface area (Å²) in [4.78, 5) is 21.6. The molecule has 1 unspecified atom stereocenters. The lowest BCUT2D eigenvalue weighted by Crippen LogP contribution is -2.55. The van der Waals surface area contributed by atoms with Gasteiger partial charge in [-0.25, -0.2) is 0 Å². The quantitative estimate of drug-likeness (QED) is 0.601. The number of primary amides is 1. The molecular weight excluding hydrogens is 318 g/mol. The largest absolute Gasteiger partial charge is 0.484 e. The number of hydrogen-bond acceptors (Lipinski definition) is 5. The fourth-order valence-electron chi connectivity index (χ4n) is 1.24. The fourth-order valence-corrected chi connectivity index (χ4v) is 1.59. The predicted molar refractivity (Wildman–Crippen MR) is 73.0 cm³/mol. The first kappa shape index (κ1) is 15.4. The average molecular weight is 332 g/mol. The molecule has 0 aromatic heterocycles. The molecule has 0 bridgehead atoms. The first-order chi connectivity index (χ1) is 8.80. The second kappa shape index (κ2) is 5.98. The second-order valence-electron chi connectivity index (χ2n) is 4.10. The SMILES string of the molecule is CNC(C)(COc1ccc(Br)cc1[N+](=O)[O-])C(N)=O. The molecule has 0 spiro atoms. The molecule has 1 rings (SSSR count). The zero-order valence-corrected chi connectivity index (χ0v) is 12.1. The van der Waals surface area contributed by atoms with Crippen LogP contribution in [0.1, 0.15) is 6.92 Å². The van der Waals surface area contributed by atoms with Crippen LogP contribution in [0.4, 0.5) is 5.69 Å². The minimum Gasteiger partial charge on any atom is -0.484 e. The summed E-state index contributed by atoms with van der Waals surface area (Å²) in [6.45, 7) is 1.45. The number of halogens is 1. The van der Waals surface area contributed by atoms with E-state index >= 15 is 0 Å². The average Bonchev–Trinajstić information content (AvgIpc) is 2.36. The molecule has 0 saturated heterocycles. The van der Waals surface area contributed by atoms with Crippen molar-refractivity contribution in [3.8, 4) is 5.75 Å². The van der Waals surface area contributed by atoms with E-state index in [1.54, 1.807) is 20.0 Å². The van der Waals surface area contributed by atoms with E-state index in [1.165, 1.54) is 12.1 Å². The number of nitrogens with two attached hydrogens (primary N) is 1. The van der Waals surface area contributed by atoms with Gasteiger partial charge >= 0.3 is 5.69 Å². The van der Waals surface area contributed by atoms with Gasteiger partial charge in [-0.1, -0.05) is 15.9 Å². The Balaban J connectivity index is 2.95. The Hall–Kier alpha value is -1.67. The highest BCUT2D eigenvalue weighted by molar-refractivity contribution is 9.10. The van der Waals surface area contributed by atoms with Gasteiger partial charge in [0.05, 0.1) is 4.92 Å². The number of carbonyl (C=O) groups is 1. The predicted octanol–water partition coefficient (Wildman–Crippen LogP) is 1.20. The van der Waals surface area contributed by atoms with Crippen LogP contribution >= 0.6 is 15.9 Å². The lowest BCUT2D eigenvalue weighted by atomic mass is 10.0. The number of likely N-dealkylation sites (N-methyl/N-ethyl adjacent to an activating group) is 1. The summed E-state index contributed by atoms with van der Waals surface area (Å²) >= 11 is 3.15. The van der Waals surface area contributed by atoms with Gasteiger partial charge < -0.3 is 15.8 Å². The van der Waals surface area contributed by atoms with Crippen molar-refractivity contribution in [1.29, 1.82) is 0 Å². The van der Waals surface area contributed by atoms with E-state index in [0.717, 1.165) is 0 Å². The van der Waals surface area contributed by atoms with Gasteiger partial charge in [0, 0.05) is 10.5 Å². The third-order valence-electron chi connectivity index (χ3n) is 2.73. The molecule has 1 aromatic rings.